The van der Waals surface area contributed by atoms with E-state index in [1.54, 1.807) is 0 Å². The minimum Gasteiger partial charge on any atom is -0.478 e. The molecule has 0 fully saturated rings. The highest BCUT2D eigenvalue weighted by Gasteiger charge is 2.33. The second-order valence-corrected chi connectivity index (χ2v) is 7.86. The number of ether oxygens (including phenoxy) is 2. The number of aromatic carboxylic acids is 4. The summed E-state index contributed by atoms with van der Waals surface area (Å²) in [5.74, 6) is -8.56. The van der Waals surface area contributed by atoms with Gasteiger partial charge in [-0.1, -0.05) is 30.3 Å². The lowest BCUT2D eigenvalue weighted by molar-refractivity contribution is 0.0226. The van der Waals surface area contributed by atoms with Gasteiger partial charge in [0.25, 0.3) is 0 Å². The predicted octanol–water partition coefficient (Wildman–Crippen LogP) is 3.14. The summed E-state index contributed by atoms with van der Waals surface area (Å²) in [5.41, 5.74) is -4.67. The third-order valence-corrected chi connectivity index (χ3v) is 5.76. The molecule has 1 aliphatic heterocycles. The van der Waals surface area contributed by atoms with Gasteiger partial charge in [0.05, 0.1) is 33.4 Å². The normalized spacial score (nSPS) is 12.8. The fourth-order valence-corrected chi connectivity index (χ4v) is 4.26. The highest BCUT2D eigenvalue weighted by molar-refractivity contribution is 6.16. The molecule has 4 N–H and O–H groups in total. The fourth-order valence-electron chi connectivity index (χ4n) is 4.26. The van der Waals surface area contributed by atoms with Crippen molar-refractivity contribution in [1.29, 1.82) is 0 Å². The van der Waals surface area contributed by atoms with Crippen molar-refractivity contribution in [1.82, 2.24) is 0 Å². The molecule has 0 amide bonds. The zero-order chi connectivity index (χ0) is 27.7. The summed E-state index contributed by atoms with van der Waals surface area (Å²) >= 11 is 0. The number of carboxylic acid groups (broad SMARTS) is 4. The molecule has 0 aliphatic carbocycles. The van der Waals surface area contributed by atoms with Crippen LogP contribution in [0.15, 0.2) is 48.5 Å². The van der Waals surface area contributed by atoms with E-state index in [-0.39, 0.29) is 41.0 Å². The van der Waals surface area contributed by atoms with Gasteiger partial charge in [0.2, 0.25) is 0 Å². The van der Waals surface area contributed by atoms with Crippen LogP contribution < -0.4 is 0 Å². The molecule has 1 aliphatic rings. The standard InChI is InChI=1S/C26H16O12/c27-21(28)14-5-1-3-11(18(14)23(31)32)12-7-8-16-20(26(36)38-10-9-37-25(16)35)17(12)13-4-2-6-15(22(29)30)19(13)24(33)34/h1-8H,9-10H2,(H,27,28)(H,29,30)(H,31,32)(H,33,34). The molecule has 0 bridgehead atoms. The molecule has 0 aromatic heterocycles. The van der Waals surface area contributed by atoms with Gasteiger partial charge >= 0.3 is 35.8 Å². The number of fused-ring (bicyclic) bond motifs is 1. The van der Waals surface area contributed by atoms with Gasteiger partial charge in [-0.05, 0) is 34.9 Å². The third kappa shape index (κ3) is 4.30. The second-order valence-electron chi connectivity index (χ2n) is 7.86. The summed E-state index contributed by atoms with van der Waals surface area (Å²) in [5, 5.41) is 39.1. The van der Waals surface area contributed by atoms with Crippen LogP contribution >= 0.6 is 0 Å². The highest BCUT2D eigenvalue weighted by Crippen LogP contribution is 2.42. The quantitative estimate of drug-likeness (QED) is 0.346. The number of hydrogen-bond acceptors (Lipinski definition) is 8. The molecule has 3 aromatic rings. The molecule has 192 valence electrons. The Hall–Kier alpha value is -5.52. The van der Waals surface area contributed by atoms with Crippen molar-refractivity contribution < 1.29 is 58.7 Å². The third-order valence-electron chi connectivity index (χ3n) is 5.76. The fraction of sp³-hybridized carbons (Fsp3) is 0.0769. The summed E-state index contributed by atoms with van der Waals surface area (Å²) in [4.78, 5) is 74.0. The molecule has 0 unspecified atom stereocenters. The molecule has 12 nitrogen and oxygen atoms in total. The largest absolute Gasteiger partial charge is 0.478 e. The van der Waals surface area contributed by atoms with Gasteiger partial charge in [-0.2, -0.15) is 0 Å². The summed E-state index contributed by atoms with van der Waals surface area (Å²) in [6.45, 7) is -0.608. The monoisotopic (exact) mass is 520 g/mol. The van der Waals surface area contributed by atoms with Crippen molar-refractivity contribution in [2.45, 2.75) is 0 Å². The lowest BCUT2D eigenvalue weighted by Crippen LogP contribution is -2.23. The Morgan fingerprint density at radius 1 is 0.526 bits per heavy atom. The summed E-state index contributed by atoms with van der Waals surface area (Å²) in [7, 11) is 0. The van der Waals surface area contributed by atoms with Crippen molar-refractivity contribution in [2.75, 3.05) is 13.2 Å². The first-order valence-electron chi connectivity index (χ1n) is 10.8. The lowest BCUT2D eigenvalue weighted by Gasteiger charge is -2.22. The Kier molecular flexibility index (Phi) is 6.63. The maximum absolute atomic E-state index is 13.2. The van der Waals surface area contributed by atoms with Crippen LogP contribution in [0, 0.1) is 0 Å². The second kappa shape index (κ2) is 9.85. The molecular weight excluding hydrogens is 504 g/mol. The maximum atomic E-state index is 13.2. The van der Waals surface area contributed by atoms with Crippen molar-refractivity contribution in [3.05, 3.63) is 81.9 Å². The summed E-state index contributed by atoms with van der Waals surface area (Å²) in [6.07, 6.45) is 0. The van der Waals surface area contributed by atoms with Crippen molar-refractivity contribution in [3.63, 3.8) is 0 Å². The van der Waals surface area contributed by atoms with Gasteiger partial charge in [0, 0.05) is 5.56 Å². The van der Waals surface area contributed by atoms with Crippen LogP contribution in [0.1, 0.15) is 62.1 Å². The Morgan fingerprint density at radius 3 is 1.53 bits per heavy atom. The van der Waals surface area contributed by atoms with E-state index < -0.39 is 63.6 Å². The SMILES string of the molecule is O=C(O)c1cccc(-c2ccc3c(c2-c2cccc(C(=O)O)c2C(=O)O)C(=O)OCCOC3=O)c1C(=O)O. The maximum Gasteiger partial charge on any atom is 0.339 e. The van der Waals surface area contributed by atoms with Gasteiger partial charge < -0.3 is 29.9 Å². The Morgan fingerprint density at radius 2 is 1.00 bits per heavy atom. The molecule has 3 aromatic carbocycles. The summed E-state index contributed by atoms with van der Waals surface area (Å²) in [6, 6.07) is 9.23. The smallest absolute Gasteiger partial charge is 0.339 e. The number of carbonyl (C=O) groups is 6. The van der Waals surface area contributed by atoms with E-state index in [2.05, 4.69) is 0 Å². The Labute approximate surface area is 212 Å². The molecule has 4 rings (SSSR count). The number of hydrogen-bond donors (Lipinski definition) is 4. The van der Waals surface area contributed by atoms with E-state index in [0.717, 1.165) is 18.2 Å². The first-order chi connectivity index (χ1) is 18.0. The zero-order valence-corrected chi connectivity index (χ0v) is 19.1. The molecular formula is C26H16O12. The number of esters is 2. The minimum atomic E-state index is -1.69. The molecule has 0 atom stereocenters. The van der Waals surface area contributed by atoms with Crippen LogP contribution in [-0.2, 0) is 9.47 Å². The van der Waals surface area contributed by atoms with E-state index in [9.17, 15) is 49.2 Å². The first kappa shape index (κ1) is 25.6. The lowest BCUT2D eigenvalue weighted by atomic mass is 9.82. The number of carbonyl (C=O) groups excluding carboxylic acids is 2. The van der Waals surface area contributed by atoms with Gasteiger partial charge in [0.15, 0.2) is 0 Å². The van der Waals surface area contributed by atoms with Crippen molar-refractivity contribution in [2.24, 2.45) is 0 Å². The van der Waals surface area contributed by atoms with E-state index in [4.69, 9.17) is 9.47 Å². The molecule has 0 saturated carbocycles. The molecule has 38 heavy (non-hydrogen) atoms. The van der Waals surface area contributed by atoms with Gasteiger partial charge in [-0.3, -0.25) is 0 Å². The summed E-state index contributed by atoms with van der Waals surface area (Å²) < 4.78 is 10.2. The van der Waals surface area contributed by atoms with E-state index >= 15 is 0 Å². The molecule has 0 radical (unpaired) electrons. The minimum absolute atomic E-state index is 0.167. The van der Waals surface area contributed by atoms with Gasteiger partial charge in [-0.15, -0.1) is 0 Å². The topological polar surface area (TPSA) is 202 Å². The Bertz CT molecular complexity index is 1570. The van der Waals surface area contributed by atoms with Crippen LogP contribution in [-0.4, -0.2) is 69.5 Å². The first-order valence-corrected chi connectivity index (χ1v) is 10.8. The molecule has 0 spiro atoms. The van der Waals surface area contributed by atoms with E-state index in [1.165, 1.54) is 30.3 Å². The number of rotatable bonds is 6. The van der Waals surface area contributed by atoms with Crippen LogP contribution in [0.4, 0.5) is 0 Å². The van der Waals surface area contributed by atoms with Crippen molar-refractivity contribution >= 4 is 35.8 Å². The molecule has 12 heteroatoms. The molecule has 0 saturated heterocycles. The predicted molar refractivity (Wildman–Crippen MR) is 126 cm³/mol. The van der Waals surface area contributed by atoms with Gasteiger partial charge in [-0.25, -0.2) is 28.8 Å². The highest BCUT2D eigenvalue weighted by atomic mass is 16.6. The van der Waals surface area contributed by atoms with E-state index in [0.29, 0.717) is 0 Å². The number of carboxylic acids is 4. The molecule has 1 heterocycles. The zero-order valence-electron chi connectivity index (χ0n) is 19.1. The van der Waals surface area contributed by atoms with Crippen LogP contribution in [0.5, 0.6) is 0 Å². The van der Waals surface area contributed by atoms with Crippen LogP contribution in [0.3, 0.4) is 0 Å². The van der Waals surface area contributed by atoms with Crippen molar-refractivity contribution in [3.8, 4) is 22.3 Å². The average Bonchev–Trinajstić information content (AvgIpc) is 2.88. The van der Waals surface area contributed by atoms with Crippen LogP contribution in [0.2, 0.25) is 0 Å². The number of benzene rings is 3. The van der Waals surface area contributed by atoms with Crippen LogP contribution in [0.25, 0.3) is 22.3 Å². The average molecular weight is 520 g/mol. The number of cyclic esters (lactones) is 2. The van der Waals surface area contributed by atoms with Gasteiger partial charge in [0.1, 0.15) is 13.2 Å². The van der Waals surface area contributed by atoms with E-state index in [1.807, 2.05) is 0 Å². The Balaban J connectivity index is 2.26.